The number of carbonyl (C=O) groups excluding carboxylic acids is 1. The fourth-order valence-corrected chi connectivity index (χ4v) is 1.55. The Morgan fingerprint density at radius 2 is 2.11 bits per heavy atom. The third-order valence-corrected chi connectivity index (χ3v) is 2.52. The summed E-state index contributed by atoms with van der Waals surface area (Å²) in [5, 5.41) is 2.63. The second-order valence-electron chi connectivity index (χ2n) is 5.44. The van der Waals surface area contributed by atoms with Crippen molar-refractivity contribution in [3.8, 4) is 0 Å². The summed E-state index contributed by atoms with van der Waals surface area (Å²) >= 11 is 0. The van der Waals surface area contributed by atoms with Crippen molar-refractivity contribution in [3.63, 3.8) is 0 Å². The Hall–Kier alpha value is -1.62. The number of nitrogens with one attached hydrogen (secondary N) is 1. The van der Waals surface area contributed by atoms with Gasteiger partial charge in [0.05, 0.1) is 6.04 Å². The highest BCUT2D eigenvalue weighted by molar-refractivity contribution is 5.68. The van der Waals surface area contributed by atoms with Crippen LogP contribution in [0.4, 0.5) is 9.18 Å². The molecule has 0 saturated carbocycles. The summed E-state index contributed by atoms with van der Waals surface area (Å²) in [6.07, 6.45) is -0.566. The lowest BCUT2D eigenvalue weighted by Gasteiger charge is -2.23. The Morgan fingerprint density at radius 1 is 1.47 bits per heavy atom. The van der Waals surface area contributed by atoms with Gasteiger partial charge < -0.3 is 15.8 Å². The fraction of sp³-hybridized carbons (Fsp3) is 0.500. The van der Waals surface area contributed by atoms with Crippen molar-refractivity contribution in [2.75, 3.05) is 6.54 Å². The highest BCUT2D eigenvalue weighted by Gasteiger charge is 2.20. The molecule has 0 aromatic heterocycles. The van der Waals surface area contributed by atoms with Gasteiger partial charge in [-0.25, -0.2) is 9.18 Å². The van der Waals surface area contributed by atoms with Gasteiger partial charge in [-0.2, -0.15) is 0 Å². The smallest absolute Gasteiger partial charge is 0.408 e. The molecular weight excluding hydrogens is 247 g/mol. The number of nitrogens with two attached hydrogens (primary N) is 1. The Labute approximate surface area is 113 Å². The van der Waals surface area contributed by atoms with E-state index >= 15 is 0 Å². The summed E-state index contributed by atoms with van der Waals surface area (Å²) < 4.78 is 18.6. The van der Waals surface area contributed by atoms with Gasteiger partial charge in [0.1, 0.15) is 11.4 Å². The van der Waals surface area contributed by atoms with Gasteiger partial charge >= 0.3 is 6.09 Å². The van der Waals surface area contributed by atoms with Gasteiger partial charge in [0.2, 0.25) is 0 Å². The topological polar surface area (TPSA) is 64.3 Å². The molecule has 4 nitrogen and oxygen atoms in total. The van der Waals surface area contributed by atoms with Crippen LogP contribution >= 0.6 is 0 Å². The molecule has 0 radical (unpaired) electrons. The maximum atomic E-state index is 13.5. The third-order valence-electron chi connectivity index (χ3n) is 2.52. The molecule has 0 aliphatic heterocycles. The number of rotatable bonds is 3. The third kappa shape index (κ3) is 4.87. The molecule has 5 heteroatoms. The molecule has 106 valence electrons. The second-order valence-corrected chi connectivity index (χ2v) is 5.44. The number of amides is 1. The number of hydrogen-bond donors (Lipinski definition) is 2. The summed E-state index contributed by atoms with van der Waals surface area (Å²) in [6.45, 7) is 7.17. The van der Waals surface area contributed by atoms with E-state index in [1.807, 2.05) is 0 Å². The van der Waals surface area contributed by atoms with Crippen LogP contribution in [0.1, 0.15) is 37.9 Å². The van der Waals surface area contributed by atoms with Gasteiger partial charge in [0, 0.05) is 6.54 Å². The number of benzene rings is 1. The van der Waals surface area contributed by atoms with Crippen LogP contribution < -0.4 is 11.1 Å². The molecule has 1 unspecified atom stereocenters. The van der Waals surface area contributed by atoms with E-state index < -0.39 is 17.7 Å². The van der Waals surface area contributed by atoms with E-state index in [9.17, 15) is 9.18 Å². The fourth-order valence-electron chi connectivity index (χ4n) is 1.55. The highest BCUT2D eigenvalue weighted by Crippen LogP contribution is 2.17. The first-order valence-corrected chi connectivity index (χ1v) is 6.18. The summed E-state index contributed by atoms with van der Waals surface area (Å²) in [5.74, 6) is -0.318. The van der Waals surface area contributed by atoms with Crippen molar-refractivity contribution in [2.45, 2.75) is 39.3 Å². The second kappa shape index (κ2) is 6.02. The first-order chi connectivity index (χ1) is 8.73. The van der Waals surface area contributed by atoms with Crippen molar-refractivity contribution >= 4 is 6.09 Å². The van der Waals surface area contributed by atoms with E-state index in [-0.39, 0.29) is 12.4 Å². The Bertz CT molecular complexity index is 455. The maximum absolute atomic E-state index is 13.5. The summed E-state index contributed by atoms with van der Waals surface area (Å²) in [4.78, 5) is 11.7. The van der Waals surface area contributed by atoms with E-state index in [0.717, 1.165) is 0 Å². The van der Waals surface area contributed by atoms with Gasteiger partial charge in [0.15, 0.2) is 0 Å². The number of aryl methyl sites for hydroxylation is 1. The lowest BCUT2D eigenvalue weighted by atomic mass is 10.0. The Kier molecular flexibility index (Phi) is 4.89. The molecule has 1 amide bonds. The minimum Gasteiger partial charge on any atom is -0.444 e. The van der Waals surface area contributed by atoms with Crippen LogP contribution in [0, 0.1) is 12.7 Å². The van der Waals surface area contributed by atoms with Crippen molar-refractivity contribution in [1.29, 1.82) is 0 Å². The molecule has 0 aliphatic rings. The number of hydrogen-bond acceptors (Lipinski definition) is 3. The van der Waals surface area contributed by atoms with Crippen LogP contribution in [-0.2, 0) is 4.74 Å². The monoisotopic (exact) mass is 268 g/mol. The van der Waals surface area contributed by atoms with Crippen LogP contribution in [0.15, 0.2) is 18.2 Å². The molecule has 0 bridgehead atoms. The minimum absolute atomic E-state index is 0.168. The lowest BCUT2D eigenvalue weighted by molar-refractivity contribution is 0.0505. The standard InChI is InChI=1S/C14H21FN2O2/c1-9-5-6-10(7-11(9)15)12(8-16)17-13(18)19-14(2,3)4/h5-7,12H,8,16H2,1-4H3,(H,17,18). The zero-order valence-electron chi connectivity index (χ0n) is 11.8. The van der Waals surface area contributed by atoms with Crippen molar-refractivity contribution in [2.24, 2.45) is 5.73 Å². The predicted octanol–water partition coefficient (Wildman–Crippen LogP) is 2.66. The molecule has 0 saturated heterocycles. The van der Waals surface area contributed by atoms with E-state index in [0.29, 0.717) is 11.1 Å². The van der Waals surface area contributed by atoms with Crippen LogP contribution in [0.25, 0.3) is 0 Å². The Morgan fingerprint density at radius 3 is 2.58 bits per heavy atom. The van der Waals surface area contributed by atoms with E-state index in [1.165, 1.54) is 6.07 Å². The Balaban J connectivity index is 2.78. The van der Waals surface area contributed by atoms with Gasteiger partial charge in [-0.1, -0.05) is 12.1 Å². The first kappa shape index (κ1) is 15.4. The quantitative estimate of drug-likeness (QED) is 0.885. The average Bonchev–Trinajstić information content (AvgIpc) is 2.27. The molecule has 1 aromatic rings. The summed E-state index contributed by atoms with van der Waals surface area (Å²) in [6, 6.07) is 4.31. The largest absolute Gasteiger partial charge is 0.444 e. The molecule has 0 spiro atoms. The molecule has 3 N–H and O–H groups in total. The molecule has 0 heterocycles. The number of alkyl carbamates (subject to hydrolysis) is 1. The highest BCUT2D eigenvalue weighted by atomic mass is 19.1. The summed E-state index contributed by atoms with van der Waals surface area (Å²) in [7, 11) is 0. The minimum atomic E-state index is -0.582. The maximum Gasteiger partial charge on any atom is 0.408 e. The van der Waals surface area contributed by atoms with Crippen molar-refractivity contribution in [1.82, 2.24) is 5.32 Å². The van der Waals surface area contributed by atoms with Crippen molar-refractivity contribution < 1.29 is 13.9 Å². The molecule has 19 heavy (non-hydrogen) atoms. The van der Waals surface area contributed by atoms with Gasteiger partial charge in [-0.3, -0.25) is 0 Å². The average molecular weight is 268 g/mol. The lowest BCUT2D eigenvalue weighted by Crippen LogP contribution is -2.37. The number of halogens is 1. The zero-order valence-corrected chi connectivity index (χ0v) is 11.8. The van der Waals surface area contributed by atoms with Gasteiger partial charge in [0.25, 0.3) is 0 Å². The predicted molar refractivity (Wildman–Crippen MR) is 72.3 cm³/mol. The first-order valence-electron chi connectivity index (χ1n) is 6.18. The van der Waals surface area contributed by atoms with Crippen LogP contribution in [0.2, 0.25) is 0 Å². The molecule has 1 rings (SSSR count). The van der Waals surface area contributed by atoms with E-state index in [1.54, 1.807) is 39.8 Å². The van der Waals surface area contributed by atoms with Gasteiger partial charge in [-0.15, -0.1) is 0 Å². The van der Waals surface area contributed by atoms with Crippen LogP contribution in [0.3, 0.4) is 0 Å². The summed E-state index contributed by atoms with van der Waals surface area (Å²) in [5.41, 5.74) is 6.20. The number of ether oxygens (including phenoxy) is 1. The molecule has 0 aliphatic carbocycles. The van der Waals surface area contributed by atoms with Crippen molar-refractivity contribution in [3.05, 3.63) is 35.1 Å². The molecular formula is C14H21FN2O2. The van der Waals surface area contributed by atoms with E-state index in [4.69, 9.17) is 10.5 Å². The molecule has 1 atom stereocenters. The normalized spacial score (nSPS) is 12.9. The molecule has 1 aromatic carbocycles. The van der Waals surface area contributed by atoms with Crippen LogP contribution in [-0.4, -0.2) is 18.2 Å². The SMILES string of the molecule is Cc1ccc(C(CN)NC(=O)OC(C)(C)C)cc1F. The zero-order chi connectivity index (χ0) is 14.6. The van der Waals surface area contributed by atoms with Crippen LogP contribution in [0.5, 0.6) is 0 Å². The van der Waals surface area contributed by atoms with E-state index in [2.05, 4.69) is 5.32 Å². The molecule has 0 fully saturated rings. The number of carbonyl (C=O) groups is 1. The van der Waals surface area contributed by atoms with Gasteiger partial charge in [-0.05, 0) is 44.9 Å².